The zero-order valence-corrected chi connectivity index (χ0v) is 20.1. The van der Waals surface area contributed by atoms with Crippen molar-refractivity contribution in [2.45, 2.75) is 13.8 Å². The number of carbonyl (C=O) groups is 1. The molecule has 0 aromatic heterocycles. The van der Waals surface area contributed by atoms with Gasteiger partial charge in [-0.05, 0) is 19.9 Å². The maximum Gasteiger partial charge on any atom is 0.382 e. The number of rotatable bonds is 8. The van der Waals surface area contributed by atoms with Crippen molar-refractivity contribution in [2.24, 2.45) is 0 Å². The van der Waals surface area contributed by atoms with Crippen molar-refractivity contribution in [3.63, 3.8) is 0 Å². The number of carbonyl (C=O) groups excluding carboxylic acids is 1. The number of nitrogens with one attached hydrogen (secondary N) is 1. The average Bonchev–Trinajstić information content (AvgIpc) is 2.61. The van der Waals surface area contributed by atoms with E-state index in [2.05, 4.69) is 5.32 Å². The van der Waals surface area contributed by atoms with Gasteiger partial charge in [0.05, 0.1) is 46.1 Å². The van der Waals surface area contributed by atoms with Crippen LogP contribution in [0.2, 0.25) is 20.1 Å². The van der Waals surface area contributed by atoms with Crippen molar-refractivity contribution < 1.29 is 23.2 Å². The first-order valence-corrected chi connectivity index (χ1v) is 11.3. The molecule has 0 spiro atoms. The number of nitrogens with zero attached hydrogens (tertiary/aromatic N) is 1. The molecule has 158 valence electrons. The summed E-state index contributed by atoms with van der Waals surface area (Å²) in [5, 5.41) is 2.75. The molecule has 2 amide bonds. The maximum absolute atomic E-state index is 13.1. The minimum Gasteiger partial charge on any atom is -0.304 e. The van der Waals surface area contributed by atoms with E-state index >= 15 is 0 Å². The predicted octanol–water partition coefficient (Wildman–Crippen LogP) is 7.57. The Balaban J connectivity index is 3.41. The Morgan fingerprint density at radius 1 is 1.07 bits per heavy atom. The highest BCUT2D eigenvalue weighted by Gasteiger charge is 2.40. The fraction of sp³-hybridized carbons (Fsp3) is 0.357. The molecule has 1 aromatic rings. The van der Waals surface area contributed by atoms with Crippen LogP contribution in [0.3, 0.4) is 0 Å². The topological polar surface area (TPSA) is 77.1 Å². The van der Waals surface area contributed by atoms with Crippen LogP contribution >= 0.6 is 77.2 Å². The van der Waals surface area contributed by atoms with Crippen molar-refractivity contribution >= 4 is 88.9 Å². The summed E-state index contributed by atoms with van der Waals surface area (Å²) in [5.74, 6) is 0. The molecule has 0 aliphatic carbocycles. The first-order chi connectivity index (χ1) is 13.0. The highest BCUT2D eigenvalue weighted by Crippen LogP contribution is 2.59. The standard InChI is InChI=1S/C14H15Cl6N2O5P/c1-4-26-28(24,27-5-2)13(12(19)20)22(25-3)14(23)21-11-9(17)7(15)6-8(16)10(11)18/h6H,4-5H2,1-3H3,(H,21,23). The Morgan fingerprint density at radius 3 is 1.89 bits per heavy atom. The Labute approximate surface area is 192 Å². The second-order valence-corrected chi connectivity index (χ2v) is 9.12. The molecule has 14 heteroatoms. The highest BCUT2D eigenvalue weighted by atomic mass is 35.5. The van der Waals surface area contributed by atoms with Gasteiger partial charge in [-0.1, -0.05) is 69.6 Å². The summed E-state index contributed by atoms with van der Waals surface area (Å²) in [4.78, 5) is 17.8. The van der Waals surface area contributed by atoms with Crippen LogP contribution in [0.25, 0.3) is 0 Å². The second-order valence-electron chi connectivity index (χ2n) is 4.67. The number of hydroxylamine groups is 2. The summed E-state index contributed by atoms with van der Waals surface area (Å²) >= 11 is 35.8. The molecular formula is C14H15Cl6N2O5P. The van der Waals surface area contributed by atoms with Crippen molar-refractivity contribution in [2.75, 3.05) is 25.6 Å². The maximum atomic E-state index is 13.1. The lowest BCUT2D eigenvalue weighted by Gasteiger charge is -2.28. The summed E-state index contributed by atoms with van der Waals surface area (Å²) in [6.45, 7) is 3.08. The van der Waals surface area contributed by atoms with Gasteiger partial charge in [0.1, 0.15) is 4.49 Å². The van der Waals surface area contributed by atoms with Gasteiger partial charge in [-0.15, -0.1) is 0 Å². The van der Waals surface area contributed by atoms with Crippen LogP contribution in [0.4, 0.5) is 10.5 Å². The molecule has 1 N–H and O–H groups in total. The highest BCUT2D eigenvalue weighted by molar-refractivity contribution is 7.58. The van der Waals surface area contributed by atoms with Crippen molar-refractivity contribution in [3.05, 3.63) is 36.1 Å². The van der Waals surface area contributed by atoms with Crippen LogP contribution in [0.1, 0.15) is 13.8 Å². The largest absolute Gasteiger partial charge is 0.382 e. The van der Waals surface area contributed by atoms with Gasteiger partial charge >= 0.3 is 13.6 Å². The third-order valence-electron chi connectivity index (χ3n) is 2.93. The second kappa shape index (κ2) is 11.5. The van der Waals surface area contributed by atoms with Crippen LogP contribution in [0, 0.1) is 0 Å². The van der Waals surface area contributed by atoms with Crippen molar-refractivity contribution in [3.8, 4) is 0 Å². The SMILES string of the molecule is CCOP(=O)(OCC)C(=C(Cl)Cl)N(OC)C(=O)Nc1c(Cl)c(Cl)cc(Cl)c1Cl. The van der Waals surface area contributed by atoms with E-state index in [1.165, 1.54) is 6.07 Å². The third kappa shape index (κ3) is 6.05. The number of amides is 2. The molecule has 28 heavy (non-hydrogen) atoms. The Kier molecular flexibility index (Phi) is 10.7. The number of hydrogen-bond donors (Lipinski definition) is 1. The normalized spacial score (nSPS) is 11.3. The fourth-order valence-electron chi connectivity index (χ4n) is 1.90. The van der Waals surface area contributed by atoms with E-state index in [-0.39, 0.29) is 39.0 Å². The van der Waals surface area contributed by atoms with Gasteiger partial charge < -0.3 is 14.4 Å². The number of anilines is 1. The van der Waals surface area contributed by atoms with Gasteiger partial charge in [-0.2, -0.15) is 5.06 Å². The van der Waals surface area contributed by atoms with Crippen molar-refractivity contribution in [1.82, 2.24) is 5.06 Å². The molecule has 0 saturated carbocycles. The Morgan fingerprint density at radius 2 is 1.54 bits per heavy atom. The summed E-state index contributed by atoms with van der Waals surface area (Å²) in [6, 6.07) is 0.273. The van der Waals surface area contributed by atoms with E-state index in [0.717, 1.165) is 7.11 Å². The van der Waals surface area contributed by atoms with Crippen LogP contribution in [0.5, 0.6) is 0 Å². The number of benzene rings is 1. The molecule has 0 bridgehead atoms. The van der Waals surface area contributed by atoms with Crippen LogP contribution < -0.4 is 5.32 Å². The zero-order chi connectivity index (χ0) is 21.6. The van der Waals surface area contributed by atoms with E-state index < -0.39 is 23.6 Å². The van der Waals surface area contributed by atoms with Gasteiger partial charge in [-0.3, -0.25) is 9.40 Å². The van der Waals surface area contributed by atoms with Crippen molar-refractivity contribution in [1.29, 1.82) is 0 Å². The summed E-state index contributed by atoms with van der Waals surface area (Å²) in [7, 11) is -3.02. The average molecular weight is 535 g/mol. The molecule has 7 nitrogen and oxygen atoms in total. The van der Waals surface area contributed by atoms with E-state index in [1.807, 2.05) is 0 Å². The quantitative estimate of drug-likeness (QED) is 0.211. The summed E-state index contributed by atoms with van der Waals surface area (Å²) < 4.78 is 22.9. The van der Waals surface area contributed by atoms with E-state index in [0.29, 0.717) is 5.06 Å². The van der Waals surface area contributed by atoms with Gasteiger partial charge in [0.2, 0.25) is 0 Å². The lowest BCUT2D eigenvalue weighted by Crippen LogP contribution is -2.34. The van der Waals surface area contributed by atoms with Gasteiger partial charge in [0.25, 0.3) is 0 Å². The summed E-state index contributed by atoms with van der Waals surface area (Å²) in [5.41, 5.74) is -0.652. The smallest absolute Gasteiger partial charge is 0.304 e. The third-order valence-corrected chi connectivity index (χ3v) is 7.25. The van der Waals surface area contributed by atoms with Crippen LogP contribution in [-0.4, -0.2) is 31.4 Å². The number of urea groups is 1. The van der Waals surface area contributed by atoms with Gasteiger partial charge in [0, 0.05) is 0 Å². The molecule has 0 unspecified atom stereocenters. The molecule has 1 rings (SSSR count). The number of halogens is 6. The van der Waals surface area contributed by atoms with Gasteiger partial charge in [0.15, 0.2) is 5.44 Å². The predicted molar refractivity (Wildman–Crippen MR) is 114 cm³/mol. The Hall–Kier alpha value is 0.0800. The molecule has 0 fully saturated rings. The molecule has 0 aliphatic rings. The zero-order valence-electron chi connectivity index (χ0n) is 14.7. The first kappa shape index (κ1) is 26.1. The molecule has 0 atom stereocenters. The van der Waals surface area contributed by atoms with Crippen LogP contribution in [-0.2, 0) is 18.5 Å². The van der Waals surface area contributed by atoms with E-state index in [1.54, 1.807) is 13.8 Å². The molecule has 0 aliphatic heterocycles. The first-order valence-electron chi connectivity index (χ1n) is 7.47. The lowest BCUT2D eigenvalue weighted by atomic mass is 10.3. The monoisotopic (exact) mass is 532 g/mol. The summed E-state index contributed by atoms with van der Waals surface area (Å²) in [6.07, 6.45) is 0. The molecule has 0 heterocycles. The molecular weight excluding hydrogens is 520 g/mol. The number of hydrogen-bond acceptors (Lipinski definition) is 5. The molecule has 0 saturated heterocycles. The van der Waals surface area contributed by atoms with Gasteiger partial charge in [-0.25, -0.2) is 4.79 Å². The Bertz CT molecular complexity index is 782. The van der Waals surface area contributed by atoms with E-state index in [4.69, 9.17) is 83.5 Å². The molecule has 1 aromatic carbocycles. The lowest BCUT2D eigenvalue weighted by molar-refractivity contribution is -0.0485. The fourth-order valence-corrected chi connectivity index (χ4v) is 5.18. The van der Waals surface area contributed by atoms with E-state index in [9.17, 15) is 9.36 Å². The minimum atomic E-state index is -4.12. The minimum absolute atomic E-state index is 0.0252. The van der Waals surface area contributed by atoms with Crippen LogP contribution in [0.15, 0.2) is 16.0 Å². The molecule has 0 radical (unpaired) electrons.